The first-order valence-electron chi connectivity index (χ1n) is 12.3. The number of aryl methyl sites for hydroxylation is 1. The highest BCUT2D eigenvalue weighted by Gasteiger charge is 2.57. The van der Waals surface area contributed by atoms with Gasteiger partial charge in [0.15, 0.2) is 0 Å². The van der Waals surface area contributed by atoms with E-state index in [0.29, 0.717) is 32.7 Å². The number of alkyl halides is 3. The Balaban J connectivity index is 1.35. The molecule has 0 bridgehead atoms. The van der Waals surface area contributed by atoms with E-state index in [0.717, 1.165) is 46.4 Å². The average Bonchev–Trinajstić information content (AvgIpc) is 3.41. The predicted molar refractivity (Wildman–Crippen MR) is 146 cm³/mol. The zero-order chi connectivity index (χ0) is 28.2. The number of fused-ring (bicyclic) bond motifs is 2. The fraction of sp³-hybridized carbons (Fsp3) is 0.207. The van der Waals surface area contributed by atoms with Crippen molar-refractivity contribution in [2.75, 3.05) is 4.90 Å². The Kier molecular flexibility index (Phi) is 6.58. The van der Waals surface area contributed by atoms with Crippen LogP contribution in [0.15, 0.2) is 82.6 Å². The van der Waals surface area contributed by atoms with Crippen LogP contribution < -0.4 is 14.5 Å². The molecule has 204 valence electrons. The van der Waals surface area contributed by atoms with E-state index < -0.39 is 46.3 Å². The van der Waals surface area contributed by atoms with Crippen LogP contribution in [0.2, 0.25) is 0 Å². The highest BCUT2D eigenvalue weighted by Crippen LogP contribution is 2.54. The zero-order valence-electron chi connectivity index (χ0n) is 20.9. The van der Waals surface area contributed by atoms with Gasteiger partial charge in [0.05, 0.1) is 22.2 Å². The maximum Gasteiger partial charge on any atom is 0.418 e. The SMILES string of the molecule is Cc1cccc(COc2ccc([C@H]3c4sc(=O)[nH]c4SC4C(=O)N(c5ccccc5C(F)(F)F)C(=O)C43)cc2)c1. The highest BCUT2D eigenvalue weighted by molar-refractivity contribution is 8.00. The van der Waals surface area contributed by atoms with E-state index in [-0.39, 0.29) is 4.87 Å². The Bertz CT molecular complexity index is 1680. The van der Waals surface area contributed by atoms with Crippen molar-refractivity contribution in [3.8, 4) is 5.75 Å². The molecule has 6 nitrogen and oxygen atoms in total. The topological polar surface area (TPSA) is 79.5 Å². The van der Waals surface area contributed by atoms with Gasteiger partial charge in [-0.3, -0.25) is 14.4 Å². The lowest BCUT2D eigenvalue weighted by atomic mass is 9.83. The van der Waals surface area contributed by atoms with Gasteiger partial charge >= 0.3 is 11.0 Å². The minimum absolute atomic E-state index is 0.334. The number of rotatable bonds is 5. The van der Waals surface area contributed by atoms with E-state index in [4.69, 9.17) is 4.74 Å². The number of halogens is 3. The number of imide groups is 1. The Morgan fingerprint density at radius 1 is 0.950 bits per heavy atom. The molecule has 4 aromatic rings. The van der Waals surface area contributed by atoms with Gasteiger partial charge < -0.3 is 9.72 Å². The van der Waals surface area contributed by atoms with Gasteiger partial charge in [0.1, 0.15) is 17.6 Å². The van der Waals surface area contributed by atoms with E-state index in [9.17, 15) is 27.6 Å². The van der Waals surface area contributed by atoms with E-state index in [1.165, 1.54) is 12.1 Å². The van der Waals surface area contributed by atoms with Crippen LogP contribution in [0, 0.1) is 12.8 Å². The molecule has 11 heteroatoms. The summed E-state index contributed by atoms with van der Waals surface area (Å²) in [5.41, 5.74) is 1.23. The van der Waals surface area contributed by atoms with Crippen molar-refractivity contribution in [1.82, 2.24) is 4.98 Å². The predicted octanol–water partition coefficient (Wildman–Crippen LogP) is 6.14. The molecule has 1 saturated heterocycles. The third kappa shape index (κ3) is 4.62. The van der Waals surface area contributed by atoms with Crippen molar-refractivity contribution in [3.63, 3.8) is 0 Å². The number of H-pyrrole nitrogens is 1. The lowest BCUT2D eigenvalue weighted by molar-refractivity contribution is -0.137. The summed E-state index contributed by atoms with van der Waals surface area (Å²) in [6.07, 6.45) is -4.75. The standard InChI is InChI=1S/C29H21F3N2O4S2/c1-15-5-4-6-16(13-15)14-38-18-11-9-17(10-12-18)21-22-24(39-25-23(21)40-28(37)33-25)27(36)34(26(22)35)20-8-3-2-7-19(20)29(30,31)32/h2-13,21-22,24H,14H2,1H3,(H,33,37)/t21-,22?,24?/m1/s1. The molecule has 2 amide bonds. The molecule has 0 saturated carbocycles. The Morgan fingerprint density at radius 2 is 1.70 bits per heavy atom. The van der Waals surface area contributed by atoms with E-state index in [2.05, 4.69) is 4.98 Å². The fourth-order valence-corrected chi connectivity index (χ4v) is 7.78. The van der Waals surface area contributed by atoms with Crippen LogP contribution in [0.5, 0.6) is 5.75 Å². The molecule has 0 aliphatic carbocycles. The third-order valence-electron chi connectivity index (χ3n) is 7.00. The maximum atomic E-state index is 13.8. The van der Waals surface area contributed by atoms with Gasteiger partial charge in [-0.05, 0) is 42.3 Å². The quantitative estimate of drug-likeness (QED) is 0.286. The molecule has 3 aromatic carbocycles. The number of thiazole rings is 1. The van der Waals surface area contributed by atoms with Crippen LogP contribution >= 0.6 is 23.1 Å². The van der Waals surface area contributed by atoms with Crippen molar-refractivity contribution in [3.05, 3.63) is 110 Å². The zero-order valence-corrected chi connectivity index (χ0v) is 22.5. The molecule has 3 atom stereocenters. The molecule has 2 aliphatic rings. The molecule has 40 heavy (non-hydrogen) atoms. The number of nitrogens with zero attached hydrogens (tertiary/aromatic N) is 1. The van der Waals surface area contributed by atoms with Gasteiger partial charge in [0, 0.05) is 10.8 Å². The lowest BCUT2D eigenvalue weighted by Crippen LogP contribution is -2.33. The van der Waals surface area contributed by atoms with Crippen LogP contribution in [0.3, 0.4) is 0 Å². The van der Waals surface area contributed by atoms with Crippen LogP contribution in [0.4, 0.5) is 18.9 Å². The number of amides is 2. The van der Waals surface area contributed by atoms with Gasteiger partial charge in [-0.15, -0.1) is 0 Å². The molecule has 0 radical (unpaired) electrons. The number of para-hydroxylation sites is 1. The summed E-state index contributed by atoms with van der Waals surface area (Å²) in [4.78, 5) is 43.2. The van der Waals surface area contributed by atoms with Crippen LogP contribution in [-0.2, 0) is 22.4 Å². The normalized spacial score (nSPS) is 20.4. The second-order valence-corrected chi connectivity index (χ2v) is 11.8. The summed E-state index contributed by atoms with van der Waals surface area (Å²) in [6, 6.07) is 19.5. The molecule has 0 spiro atoms. The smallest absolute Gasteiger partial charge is 0.418 e. The Morgan fingerprint density at radius 3 is 2.42 bits per heavy atom. The number of benzene rings is 3. The van der Waals surface area contributed by atoms with Crippen molar-refractivity contribution in [2.24, 2.45) is 5.92 Å². The van der Waals surface area contributed by atoms with Gasteiger partial charge in [-0.2, -0.15) is 13.2 Å². The van der Waals surface area contributed by atoms with Crippen molar-refractivity contribution in [1.29, 1.82) is 0 Å². The molecule has 1 fully saturated rings. The number of aromatic nitrogens is 1. The number of carbonyl (C=O) groups excluding carboxylic acids is 2. The molecular weight excluding hydrogens is 561 g/mol. The molecular formula is C29H21F3N2O4S2. The number of nitrogens with one attached hydrogen (secondary N) is 1. The molecule has 2 unspecified atom stereocenters. The molecule has 1 aromatic heterocycles. The summed E-state index contributed by atoms with van der Waals surface area (Å²) >= 11 is 1.95. The van der Waals surface area contributed by atoms with Crippen molar-refractivity contribution < 1.29 is 27.5 Å². The monoisotopic (exact) mass is 582 g/mol. The first kappa shape index (κ1) is 26.4. The summed E-state index contributed by atoms with van der Waals surface area (Å²) in [5.74, 6) is -2.57. The second-order valence-electron chi connectivity index (χ2n) is 9.62. The second kappa shape index (κ2) is 9.97. The molecule has 3 heterocycles. The van der Waals surface area contributed by atoms with Gasteiger partial charge in [-0.25, -0.2) is 4.90 Å². The maximum absolute atomic E-state index is 13.8. The van der Waals surface area contributed by atoms with Crippen LogP contribution in [0.25, 0.3) is 0 Å². The molecule has 6 rings (SSSR count). The largest absolute Gasteiger partial charge is 0.489 e. The lowest BCUT2D eigenvalue weighted by Gasteiger charge is -2.29. The van der Waals surface area contributed by atoms with Crippen molar-refractivity contribution >= 4 is 40.6 Å². The van der Waals surface area contributed by atoms with Gasteiger partial charge in [-0.1, -0.05) is 77.2 Å². The third-order valence-corrected chi connectivity index (χ3v) is 9.40. The minimum atomic E-state index is -4.75. The summed E-state index contributed by atoms with van der Waals surface area (Å²) in [5, 5.41) is -0.540. The number of thioether (sulfide) groups is 1. The number of aromatic amines is 1. The van der Waals surface area contributed by atoms with Crippen LogP contribution in [0.1, 0.15) is 33.0 Å². The average molecular weight is 583 g/mol. The summed E-state index contributed by atoms with van der Waals surface area (Å²) < 4.78 is 47.3. The van der Waals surface area contributed by atoms with E-state index in [1.807, 2.05) is 31.2 Å². The molecule has 1 N–H and O–H groups in total. The number of anilines is 1. The van der Waals surface area contributed by atoms with Gasteiger partial charge in [0.25, 0.3) is 0 Å². The minimum Gasteiger partial charge on any atom is -0.489 e. The summed E-state index contributed by atoms with van der Waals surface area (Å²) in [6.45, 7) is 2.35. The van der Waals surface area contributed by atoms with Gasteiger partial charge in [0.2, 0.25) is 11.8 Å². The van der Waals surface area contributed by atoms with E-state index in [1.54, 1.807) is 24.3 Å². The fourth-order valence-electron chi connectivity index (χ4n) is 5.26. The highest BCUT2D eigenvalue weighted by atomic mass is 32.2. The van der Waals surface area contributed by atoms with Crippen LogP contribution in [-0.4, -0.2) is 22.0 Å². The molecule has 2 aliphatic heterocycles. The number of hydrogen-bond acceptors (Lipinski definition) is 6. The summed E-state index contributed by atoms with van der Waals surface area (Å²) in [7, 11) is 0. The van der Waals surface area contributed by atoms with Crippen molar-refractivity contribution in [2.45, 2.75) is 35.9 Å². The first-order valence-corrected chi connectivity index (χ1v) is 14.0. The number of ether oxygens (including phenoxy) is 1. The Labute approximate surface area is 234 Å². The number of carbonyl (C=O) groups is 2. The number of hydrogen-bond donors (Lipinski definition) is 1. The van der Waals surface area contributed by atoms with E-state index >= 15 is 0 Å². The Hall–Kier alpha value is -3.83. The first-order chi connectivity index (χ1) is 19.1.